The molecule has 0 aliphatic carbocycles. The van der Waals surface area contributed by atoms with E-state index < -0.39 is 0 Å². The van der Waals surface area contributed by atoms with Gasteiger partial charge in [-0.3, -0.25) is 4.98 Å². The minimum atomic E-state index is -0.322. The molecule has 0 saturated heterocycles. The van der Waals surface area contributed by atoms with Gasteiger partial charge in [0.15, 0.2) is 5.82 Å². The molecule has 3 nitrogen and oxygen atoms in total. The molecule has 2 rings (SSSR count). The molecule has 0 unspecified atom stereocenters. The summed E-state index contributed by atoms with van der Waals surface area (Å²) in [5.74, 6) is 0.286. The molecule has 0 aliphatic rings. The van der Waals surface area contributed by atoms with E-state index >= 15 is 0 Å². The van der Waals surface area contributed by atoms with E-state index in [1.807, 2.05) is 0 Å². The van der Waals surface area contributed by atoms with Crippen LogP contribution in [-0.2, 0) is 0 Å². The molecular weight excluding hydrogens is 297 g/mol. The lowest BCUT2D eigenvalue weighted by molar-refractivity contribution is 0.624. The molecule has 94 valence electrons. The Morgan fingerprint density at radius 3 is 2.83 bits per heavy atom. The van der Waals surface area contributed by atoms with Gasteiger partial charge in [-0.15, -0.1) is 0 Å². The van der Waals surface area contributed by atoms with Crippen LogP contribution in [0.2, 0.25) is 0 Å². The van der Waals surface area contributed by atoms with Gasteiger partial charge in [0.2, 0.25) is 0 Å². The van der Waals surface area contributed by atoms with Crippen molar-refractivity contribution in [2.75, 3.05) is 11.9 Å². The van der Waals surface area contributed by atoms with Crippen LogP contribution in [-0.4, -0.2) is 16.5 Å². The highest BCUT2D eigenvalue weighted by Gasteiger charge is 2.13. The number of halogens is 2. The number of rotatable bonds is 4. The van der Waals surface area contributed by atoms with Crippen molar-refractivity contribution < 1.29 is 4.39 Å². The first-order valence-corrected chi connectivity index (χ1v) is 6.52. The van der Waals surface area contributed by atoms with Gasteiger partial charge >= 0.3 is 0 Å². The van der Waals surface area contributed by atoms with E-state index in [1.54, 1.807) is 30.6 Å². The quantitative estimate of drug-likeness (QED) is 0.931. The first-order chi connectivity index (χ1) is 8.74. The van der Waals surface area contributed by atoms with Crippen LogP contribution in [0.15, 0.2) is 35.1 Å². The van der Waals surface area contributed by atoms with E-state index in [9.17, 15) is 4.39 Å². The summed E-state index contributed by atoms with van der Waals surface area (Å²) in [6.07, 6.45) is 4.13. The molecule has 0 radical (unpaired) electrons. The van der Waals surface area contributed by atoms with Crippen molar-refractivity contribution >= 4 is 21.7 Å². The number of nitrogens with zero attached hydrogens (tertiary/aromatic N) is 2. The molecule has 0 amide bonds. The third-order valence-corrected chi connectivity index (χ3v) is 3.06. The molecule has 5 heteroatoms. The molecule has 0 aliphatic heterocycles. The molecule has 1 aromatic carbocycles. The van der Waals surface area contributed by atoms with Gasteiger partial charge in [0.1, 0.15) is 11.5 Å². The second-order valence-corrected chi connectivity index (χ2v) is 4.64. The number of hydrogen-bond acceptors (Lipinski definition) is 3. The second-order valence-electron chi connectivity index (χ2n) is 3.78. The first-order valence-electron chi connectivity index (χ1n) is 5.73. The van der Waals surface area contributed by atoms with E-state index in [4.69, 9.17) is 0 Å². The zero-order valence-corrected chi connectivity index (χ0v) is 11.5. The SMILES string of the molecule is CCCNc1nccnc1-c1cccc(Br)c1F. The van der Waals surface area contributed by atoms with Gasteiger partial charge in [0.25, 0.3) is 0 Å². The van der Waals surface area contributed by atoms with Crippen LogP contribution < -0.4 is 5.32 Å². The van der Waals surface area contributed by atoms with Crippen LogP contribution >= 0.6 is 15.9 Å². The van der Waals surface area contributed by atoms with Crippen molar-refractivity contribution in [2.24, 2.45) is 0 Å². The zero-order chi connectivity index (χ0) is 13.0. The van der Waals surface area contributed by atoms with Gasteiger partial charge in [0.05, 0.1) is 4.47 Å². The Morgan fingerprint density at radius 2 is 2.06 bits per heavy atom. The zero-order valence-electron chi connectivity index (χ0n) is 9.95. The van der Waals surface area contributed by atoms with Gasteiger partial charge in [0, 0.05) is 24.5 Å². The molecule has 0 atom stereocenters. The van der Waals surface area contributed by atoms with Crippen LogP contribution in [0.5, 0.6) is 0 Å². The summed E-state index contributed by atoms with van der Waals surface area (Å²) in [4.78, 5) is 8.43. The van der Waals surface area contributed by atoms with Crippen molar-refractivity contribution in [1.29, 1.82) is 0 Å². The molecule has 2 aromatic rings. The van der Waals surface area contributed by atoms with Gasteiger partial charge < -0.3 is 5.32 Å². The molecule has 1 N–H and O–H groups in total. The normalized spacial score (nSPS) is 10.4. The summed E-state index contributed by atoms with van der Waals surface area (Å²) in [6, 6.07) is 5.14. The fraction of sp³-hybridized carbons (Fsp3) is 0.231. The molecule has 0 spiro atoms. The van der Waals surface area contributed by atoms with Crippen molar-refractivity contribution in [1.82, 2.24) is 9.97 Å². The molecule has 1 aromatic heterocycles. The number of benzene rings is 1. The van der Waals surface area contributed by atoms with E-state index in [2.05, 4.69) is 38.1 Å². The van der Waals surface area contributed by atoms with Crippen LogP contribution in [0.3, 0.4) is 0 Å². The molecule has 0 saturated carbocycles. The van der Waals surface area contributed by atoms with Gasteiger partial charge in [-0.2, -0.15) is 0 Å². The largest absolute Gasteiger partial charge is 0.368 e. The standard InChI is InChI=1S/C13H13BrFN3/c1-2-6-17-13-12(16-7-8-18-13)9-4-3-5-10(14)11(9)15/h3-5,7-8H,2,6H2,1H3,(H,17,18). The maximum Gasteiger partial charge on any atom is 0.152 e. The van der Waals surface area contributed by atoms with E-state index in [1.165, 1.54) is 0 Å². The van der Waals surface area contributed by atoms with Crippen molar-refractivity contribution in [3.05, 3.63) is 40.9 Å². The Kier molecular flexibility index (Phi) is 4.25. The highest BCUT2D eigenvalue weighted by molar-refractivity contribution is 9.10. The Hall–Kier alpha value is -1.49. The Labute approximate surface area is 114 Å². The first kappa shape index (κ1) is 13.0. The lowest BCUT2D eigenvalue weighted by atomic mass is 10.1. The second kappa shape index (κ2) is 5.91. The van der Waals surface area contributed by atoms with Gasteiger partial charge in [-0.25, -0.2) is 9.37 Å². The summed E-state index contributed by atoms with van der Waals surface area (Å²) in [6.45, 7) is 2.84. The number of nitrogens with one attached hydrogen (secondary N) is 1. The van der Waals surface area contributed by atoms with Gasteiger partial charge in [-0.05, 0) is 34.5 Å². The fourth-order valence-electron chi connectivity index (χ4n) is 1.59. The minimum absolute atomic E-state index is 0.322. The lowest BCUT2D eigenvalue weighted by Crippen LogP contribution is -2.05. The highest BCUT2D eigenvalue weighted by atomic mass is 79.9. The predicted octanol–water partition coefficient (Wildman–Crippen LogP) is 3.87. The topological polar surface area (TPSA) is 37.8 Å². The average molecular weight is 310 g/mol. The lowest BCUT2D eigenvalue weighted by Gasteiger charge is -2.10. The number of aromatic nitrogens is 2. The van der Waals surface area contributed by atoms with E-state index in [0.29, 0.717) is 21.5 Å². The predicted molar refractivity (Wildman–Crippen MR) is 73.9 cm³/mol. The Balaban J connectivity index is 2.46. The van der Waals surface area contributed by atoms with E-state index in [0.717, 1.165) is 13.0 Å². The van der Waals surface area contributed by atoms with Crippen molar-refractivity contribution in [3.8, 4) is 11.3 Å². The molecule has 0 fully saturated rings. The maximum atomic E-state index is 14.0. The van der Waals surface area contributed by atoms with Crippen molar-refractivity contribution in [2.45, 2.75) is 13.3 Å². The van der Waals surface area contributed by atoms with Crippen LogP contribution in [0.1, 0.15) is 13.3 Å². The summed E-state index contributed by atoms with van der Waals surface area (Å²) in [7, 11) is 0. The monoisotopic (exact) mass is 309 g/mol. The van der Waals surface area contributed by atoms with E-state index in [-0.39, 0.29) is 5.82 Å². The summed E-state index contributed by atoms with van der Waals surface area (Å²) < 4.78 is 14.5. The third kappa shape index (κ3) is 2.67. The molecule has 1 heterocycles. The van der Waals surface area contributed by atoms with Crippen LogP contribution in [0, 0.1) is 5.82 Å². The molecule has 0 bridgehead atoms. The van der Waals surface area contributed by atoms with Crippen LogP contribution in [0.4, 0.5) is 10.2 Å². The summed E-state index contributed by atoms with van der Waals surface area (Å²) in [5, 5.41) is 3.15. The Bertz CT molecular complexity index is 546. The van der Waals surface area contributed by atoms with Gasteiger partial charge in [-0.1, -0.05) is 13.0 Å². The molecular formula is C13H13BrFN3. The van der Waals surface area contributed by atoms with Crippen LogP contribution in [0.25, 0.3) is 11.3 Å². The summed E-state index contributed by atoms with van der Waals surface area (Å²) in [5.41, 5.74) is 0.973. The number of hydrogen-bond donors (Lipinski definition) is 1. The minimum Gasteiger partial charge on any atom is -0.368 e. The average Bonchev–Trinajstić information content (AvgIpc) is 2.40. The maximum absolute atomic E-state index is 14.0. The molecule has 18 heavy (non-hydrogen) atoms. The smallest absolute Gasteiger partial charge is 0.152 e. The highest BCUT2D eigenvalue weighted by Crippen LogP contribution is 2.29. The van der Waals surface area contributed by atoms with Crippen molar-refractivity contribution in [3.63, 3.8) is 0 Å². The number of anilines is 1. The summed E-state index contributed by atoms with van der Waals surface area (Å²) >= 11 is 3.18. The third-order valence-electron chi connectivity index (χ3n) is 2.45. The fourth-order valence-corrected chi connectivity index (χ4v) is 1.96. The Morgan fingerprint density at radius 1 is 1.28 bits per heavy atom.